The average molecular weight is 507 g/mol. The van der Waals surface area contributed by atoms with Gasteiger partial charge in [-0.3, -0.25) is 9.59 Å². The molecule has 0 bridgehead atoms. The van der Waals surface area contributed by atoms with Gasteiger partial charge in [-0.2, -0.15) is 0 Å². The van der Waals surface area contributed by atoms with Crippen molar-refractivity contribution in [1.29, 1.82) is 0 Å². The van der Waals surface area contributed by atoms with Crippen molar-refractivity contribution in [2.45, 2.75) is 150 Å². The first-order valence-corrected chi connectivity index (χ1v) is 15.6. The van der Waals surface area contributed by atoms with Crippen molar-refractivity contribution in [3.8, 4) is 0 Å². The van der Waals surface area contributed by atoms with Gasteiger partial charge in [-0.15, -0.1) is 0 Å². The largest absolute Gasteiger partial charge is 0.481 e. The van der Waals surface area contributed by atoms with Gasteiger partial charge in [0, 0.05) is 6.42 Å². The van der Waals surface area contributed by atoms with Crippen molar-refractivity contribution in [2.75, 3.05) is 0 Å². The van der Waals surface area contributed by atoms with Crippen LogP contribution in [0.5, 0.6) is 0 Å². The van der Waals surface area contributed by atoms with Crippen LogP contribution in [0.25, 0.3) is 0 Å². The maximum atomic E-state index is 12.9. The predicted octanol–water partition coefficient (Wildman–Crippen LogP) is 9.36. The minimum absolute atomic E-state index is 0.245. The summed E-state index contributed by atoms with van der Waals surface area (Å²) in [5, 5.41) is 19.4. The van der Waals surface area contributed by atoms with Crippen LogP contribution in [-0.4, -0.2) is 22.2 Å². The summed E-state index contributed by atoms with van der Waals surface area (Å²) in [4.78, 5) is 23.6. The van der Waals surface area contributed by atoms with Crippen LogP contribution in [0, 0.1) is 40.9 Å². The van der Waals surface area contributed by atoms with Gasteiger partial charge < -0.3 is 10.2 Å². The summed E-state index contributed by atoms with van der Waals surface area (Å²) in [6, 6.07) is 0. The van der Waals surface area contributed by atoms with E-state index in [0.29, 0.717) is 11.8 Å². The molecule has 2 N–H and O–H groups in total. The lowest BCUT2D eigenvalue weighted by Gasteiger charge is -2.36. The molecule has 0 amide bonds. The molecule has 2 saturated carbocycles. The van der Waals surface area contributed by atoms with Gasteiger partial charge in [-0.1, -0.05) is 79.1 Å². The normalized spacial score (nSPS) is 28.2. The van der Waals surface area contributed by atoms with Crippen LogP contribution in [0.3, 0.4) is 0 Å². The molecule has 2 fully saturated rings. The molecule has 2 aliphatic rings. The average Bonchev–Trinajstić information content (AvgIpc) is 2.84. The second-order valence-electron chi connectivity index (χ2n) is 13.3. The summed E-state index contributed by atoms with van der Waals surface area (Å²) < 4.78 is 0. The number of unbranched alkanes of at least 4 members (excludes halogenated alkanes) is 4. The summed E-state index contributed by atoms with van der Waals surface area (Å²) >= 11 is 0. The van der Waals surface area contributed by atoms with Gasteiger partial charge in [0.25, 0.3) is 0 Å². The molecule has 0 spiro atoms. The van der Waals surface area contributed by atoms with Gasteiger partial charge in [0.1, 0.15) is 0 Å². The molecule has 0 heterocycles. The number of carboxylic acids is 2. The quantitative estimate of drug-likeness (QED) is 0.193. The van der Waals surface area contributed by atoms with E-state index in [9.17, 15) is 14.7 Å². The molecule has 0 radical (unpaired) electrons. The fraction of sp³-hybridized carbons (Fsp3) is 0.938. The summed E-state index contributed by atoms with van der Waals surface area (Å²) in [6.45, 7) is 9.49. The Kier molecular flexibility index (Phi) is 13.9. The van der Waals surface area contributed by atoms with E-state index in [-0.39, 0.29) is 6.42 Å². The molecule has 2 aliphatic carbocycles. The molecule has 2 unspecified atom stereocenters. The van der Waals surface area contributed by atoms with Crippen LogP contribution in [0.1, 0.15) is 150 Å². The number of carboxylic acid groups (broad SMARTS) is 2. The van der Waals surface area contributed by atoms with Crippen LogP contribution in [0.15, 0.2) is 0 Å². The van der Waals surface area contributed by atoms with Crippen molar-refractivity contribution < 1.29 is 19.8 Å². The molecule has 210 valence electrons. The standard InChI is InChI=1S/C32H58O4/c1-24-11-15-28(16-12-24)26(3)19-22-32(31(35)36,21-9-7-5-6-8-10-30(33)34)23-20-27(4)29-17-13-25(2)14-18-29/h24-29H,5-23H2,1-4H3,(H,33,34)(H,35,36). The molecule has 0 aromatic rings. The lowest BCUT2D eigenvalue weighted by atomic mass is 9.68. The van der Waals surface area contributed by atoms with Crippen LogP contribution >= 0.6 is 0 Å². The Hall–Kier alpha value is -1.06. The molecule has 0 aromatic carbocycles. The lowest BCUT2D eigenvalue weighted by molar-refractivity contribution is -0.151. The van der Waals surface area contributed by atoms with E-state index in [1.807, 2.05) is 0 Å². The van der Waals surface area contributed by atoms with E-state index in [4.69, 9.17) is 5.11 Å². The van der Waals surface area contributed by atoms with E-state index in [1.54, 1.807) is 0 Å². The number of aliphatic carboxylic acids is 2. The van der Waals surface area contributed by atoms with Gasteiger partial charge in [0.15, 0.2) is 0 Å². The SMILES string of the molecule is CC1CCC(C(C)CCC(CCCCCCCC(=O)O)(CCC(C)C2CCC(C)CC2)C(=O)O)CC1. The summed E-state index contributed by atoms with van der Waals surface area (Å²) in [5.41, 5.74) is -0.590. The molecular formula is C32H58O4. The highest BCUT2D eigenvalue weighted by atomic mass is 16.4. The van der Waals surface area contributed by atoms with Crippen LogP contribution < -0.4 is 0 Å². The topological polar surface area (TPSA) is 74.6 Å². The maximum Gasteiger partial charge on any atom is 0.309 e. The second kappa shape index (κ2) is 16.0. The van der Waals surface area contributed by atoms with E-state index >= 15 is 0 Å². The fourth-order valence-corrected chi connectivity index (χ4v) is 7.15. The molecule has 4 heteroatoms. The minimum atomic E-state index is -0.719. The lowest BCUT2D eigenvalue weighted by Crippen LogP contribution is -2.33. The molecule has 36 heavy (non-hydrogen) atoms. The van der Waals surface area contributed by atoms with Crippen molar-refractivity contribution in [3.63, 3.8) is 0 Å². The Morgan fingerprint density at radius 2 is 1.08 bits per heavy atom. The Morgan fingerprint density at radius 1 is 0.667 bits per heavy atom. The Morgan fingerprint density at radius 3 is 1.50 bits per heavy atom. The van der Waals surface area contributed by atoms with Gasteiger partial charge in [0.2, 0.25) is 0 Å². The highest BCUT2D eigenvalue weighted by Crippen LogP contribution is 2.43. The highest BCUT2D eigenvalue weighted by molar-refractivity contribution is 5.74. The van der Waals surface area contributed by atoms with Crippen LogP contribution in [-0.2, 0) is 9.59 Å². The summed E-state index contributed by atoms with van der Waals surface area (Å²) in [5.74, 6) is 3.19. The number of hydrogen-bond acceptors (Lipinski definition) is 2. The van der Waals surface area contributed by atoms with Crippen molar-refractivity contribution in [2.24, 2.45) is 40.9 Å². The van der Waals surface area contributed by atoms with Gasteiger partial charge in [-0.05, 0) is 99.7 Å². The van der Waals surface area contributed by atoms with E-state index in [1.165, 1.54) is 51.4 Å². The predicted molar refractivity (Wildman–Crippen MR) is 149 cm³/mol. The number of carbonyl (C=O) groups is 2. The minimum Gasteiger partial charge on any atom is -0.481 e. The monoisotopic (exact) mass is 506 g/mol. The van der Waals surface area contributed by atoms with E-state index in [2.05, 4.69) is 27.7 Å². The van der Waals surface area contributed by atoms with Crippen LogP contribution in [0.2, 0.25) is 0 Å². The zero-order chi connectivity index (χ0) is 26.6. The first-order valence-electron chi connectivity index (χ1n) is 15.6. The zero-order valence-electron chi connectivity index (χ0n) is 24.1. The van der Waals surface area contributed by atoms with Crippen LogP contribution in [0.4, 0.5) is 0 Å². The Labute approximate surface area is 222 Å². The first-order chi connectivity index (χ1) is 17.1. The highest BCUT2D eigenvalue weighted by Gasteiger charge is 2.39. The Bertz CT molecular complexity index is 596. The summed E-state index contributed by atoms with van der Waals surface area (Å²) in [6.07, 6.45) is 20.0. The van der Waals surface area contributed by atoms with E-state index in [0.717, 1.165) is 87.9 Å². The number of hydrogen-bond donors (Lipinski definition) is 2. The molecule has 0 aromatic heterocycles. The fourth-order valence-electron chi connectivity index (χ4n) is 7.15. The van der Waals surface area contributed by atoms with Gasteiger partial charge in [-0.25, -0.2) is 0 Å². The van der Waals surface area contributed by atoms with Crippen molar-refractivity contribution in [1.82, 2.24) is 0 Å². The molecule has 0 saturated heterocycles. The Balaban J connectivity index is 1.94. The smallest absolute Gasteiger partial charge is 0.309 e. The molecule has 2 atom stereocenters. The van der Waals surface area contributed by atoms with Crippen molar-refractivity contribution >= 4 is 11.9 Å². The maximum absolute atomic E-state index is 12.9. The van der Waals surface area contributed by atoms with Crippen molar-refractivity contribution in [3.05, 3.63) is 0 Å². The summed E-state index contributed by atoms with van der Waals surface area (Å²) in [7, 11) is 0. The molecule has 2 rings (SSSR count). The second-order valence-corrected chi connectivity index (χ2v) is 13.3. The van der Waals surface area contributed by atoms with Gasteiger partial charge >= 0.3 is 11.9 Å². The zero-order valence-corrected chi connectivity index (χ0v) is 24.1. The third kappa shape index (κ3) is 10.7. The molecule has 0 aliphatic heterocycles. The first kappa shape index (κ1) is 31.2. The third-order valence-electron chi connectivity index (χ3n) is 10.4. The van der Waals surface area contributed by atoms with Gasteiger partial charge in [0.05, 0.1) is 5.41 Å². The third-order valence-corrected chi connectivity index (χ3v) is 10.4. The molecule has 4 nitrogen and oxygen atoms in total. The van der Waals surface area contributed by atoms with E-state index < -0.39 is 17.4 Å². The molecular weight excluding hydrogens is 448 g/mol. The number of rotatable bonds is 17.